The first kappa shape index (κ1) is 23.8. The average molecular weight is 477 g/mol. The van der Waals surface area contributed by atoms with E-state index in [4.69, 9.17) is 19.9 Å². The molecule has 34 heavy (non-hydrogen) atoms. The van der Waals surface area contributed by atoms with Gasteiger partial charge < -0.3 is 25.3 Å². The molecular weight excluding hydrogens is 451 g/mol. The van der Waals surface area contributed by atoms with E-state index in [1.807, 2.05) is 0 Å². The number of aromatic nitrogens is 3. The number of benzene rings is 1. The molecule has 1 atom stereocenters. The van der Waals surface area contributed by atoms with E-state index >= 15 is 0 Å². The van der Waals surface area contributed by atoms with Crippen LogP contribution in [0.5, 0.6) is 11.5 Å². The minimum atomic E-state index is -4.60. The van der Waals surface area contributed by atoms with Gasteiger partial charge >= 0.3 is 6.18 Å². The van der Waals surface area contributed by atoms with E-state index in [-0.39, 0.29) is 5.82 Å². The zero-order chi connectivity index (χ0) is 24.5. The van der Waals surface area contributed by atoms with Crippen molar-refractivity contribution in [2.75, 3.05) is 31.4 Å². The molecule has 3 aromatic rings. The van der Waals surface area contributed by atoms with Crippen LogP contribution in [0, 0.1) is 6.92 Å². The molecule has 11 heteroatoms. The molecule has 0 spiro atoms. The van der Waals surface area contributed by atoms with Gasteiger partial charge in [-0.15, -0.1) is 0 Å². The zero-order valence-electron chi connectivity index (χ0n) is 19.1. The molecule has 2 heterocycles. The minimum Gasteiger partial charge on any atom is -0.493 e. The third-order valence-corrected chi connectivity index (χ3v) is 5.32. The Morgan fingerprint density at radius 2 is 1.85 bits per heavy atom. The van der Waals surface area contributed by atoms with E-state index in [2.05, 4.69) is 20.3 Å². The summed E-state index contributed by atoms with van der Waals surface area (Å²) in [7, 11) is 1.54. The number of pyridine rings is 1. The van der Waals surface area contributed by atoms with Gasteiger partial charge in [-0.1, -0.05) is 0 Å². The maximum Gasteiger partial charge on any atom is 0.433 e. The standard InChI is InChI=1S/C23H26F3N5O3/c1-12(14-8-20(23(24,25)26)31-21(27)9-14)28-22-16-10-19(34-7-6-33-15-4-5-15)18(32-3)11-17(16)29-13(2)30-22/h8-12,15H,4-7H2,1-3H3,(H2,27,31)(H,28,29,30)/t12-/m1/s1. The predicted molar refractivity (Wildman–Crippen MR) is 121 cm³/mol. The van der Waals surface area contributed by atoms with Crippen LogP contribution >= 0.6 is 0 Å². The van der Waals surface area contributed by atoms with Crippen LogP contribution in [-0.4, -0.2) is 41.4 Å². The van der Waals surface area contributed by atoms with E-state index in [0.29, 0.717) is 58.9 Å². The molecule has 2 aromatic heterocycles. The molecule has 0 saturated heterocycles. The molecule has 0 unspecified atom stereocenters. The molecule has 0 aliphatic heterocycles. The first-order valence-corrected chi connectivity index (χ1v) is 10.9. The molecule has 0 amide bonds. The monoisotopic (exact) mass is 477 g/mol. The number of aryl methyl sites for hydroxylation is 1. The number of hydrogen-bond donors (Lipinski definition) is 2. The van der Waals surface area contributed by atoms with Crippen molar-refractivity contribution >= 4 is 22.5 Å². The van der Waals surface area contributed by atoms with Gasteiger partial charge in [-0.25, -0.2) is 15.0 Å². The Bertz CT molecular complexity index is 1180. The van der Waals surface area contributed by atoms with Crippen molar-refractivity contribution in [1.29, 1.82) is 0 Å². The normalized spacial score (nSPS) is 14.8. The first-order chi connectivity index (χ1) is 16.1. The highest BCUT2D eigenvalue weighted by Crippen LogP contribution is 2.36. The number of anilines is 2. The second-order valence-corrected chi connectivity index (χ2v) is 8.13. The number of nitrogens with two attached hydrogens (primary N) is 1. The number of nitrogens with one attached hydrogen (secondary N) is 1. The average Bonchev–Trinajstić information content (AvgIpc) is 3.59. The summed E-state index contributed by atoms with van der Waals surface area (Å²) in [5.41, 5.74) is 5.51. The van der Waals surface area contributed by atoms with Gasteiger partial charge in [0.15, 0.2) is 11.5 Å². The second kappa shape index (κ2) is 9.49. The van der Waals surface area contributed by atoms with Crippen LogP contribution in [0.2, 0.25) is 0 Å². The SMILES string of the molecule is COc1cc2nc(C)nc(N[C@H](C)c3cc(N)nc(C(F)(F)F)c3)c2cc1OCCOC1CC1. The van der Waals surface area contributed by atoms with Crippen molar-refractivity contribution in [2.45, 2.75) is 45.0 Å². The molecule has 0 radical (unpaired) electrons. The summed E-state index contributed by atoms with van der Waals surface area (Å²) in [4.78, 5) is 12.3. The summed E-state index contributed by atoms with van der Waals surface area (Å²) < 4.78 is 56.5. The van der Waals surface area contributed by atoms with Crippen LogP contribution in [0.15, 0.2) is 24.3 Å². The maximum atomic E-state index is 13.2. The third-order valence-electron chi connectivity index (χ3n) is 5.32. The van der Waals surface area contributed by atoms with Crippen LogP contribution in [-0.2, 0) is 10.9 Å². The Kier molecular flexibility index (Phi) is 6.65. The summed E-state index contributed by atoms with van der Waals surface area (Å²) in [5, 5.41) is 3.81. The van der Waals surface area contributed by atoms with Gasteiger partial charge in [-0.05, 0) is 50.5 Å². The number of rotatable bonds is 9. The van der Waals surface area contributed by atoms with Gasteiger partial charge in [0.1, 0.15) is 29.8 Å². The van der Waals surface area contributed by atoms with Crippen molar-refractivity contribution in [1.82, 2.24) is 15.0 Å². The second-order valence-electron chi connectivity index (χ2n) is 8.13. The zero-order valence-corrected chi connectivity index (χ0v) is 19.1. The Balaban J connectivity index is 1.63. The van der Waals surface area contributed by atoms with Crippen LogP contribution in [0.25, 0.3) is 10.9 Å². The van der Waals surface area contributed by atoms with Crippen LogP contribution in [0.3, 0.4) is 0 Å². The number of methoxy groups -OCH3 is 1. The van der Waals surface area contributed by atoms with Crippen molar-refractivity contribution in [3.05, 3.63) is 41.3 Å². The Morgan fingerprint density at radius 1 is 1.09 bits per heavy atom. The summed E-state index contributed by atoms with van der Waals surface area (Å²) in [6, 6.07) is 5.31. The van der Waals surface area contributed by atoms with E-state index in [0.717, 1.165) is 18.9 Å². The number of halogens is 3. The molecule has 182 valence electrons. The Morgan fingerprint density at radius 3 is 2.53 bits per heavy atom. The number of alkyl halides is 3. The van der Waals surface area contributed by atoms with Crippen molar-refractivity contribution < 1.29 is 27.4 Å². The van der Waals surface area contributed by atoms with Gasteiger partial charge in [0, 0.05) is 11.5 Å². The van der Waals surface area contributed by atoms with Crippen molar-refractivity contribution in [3.8, 4) is 11.5 Å². The minimum absolute atomic E-state index is 0.212. The topological polar surface area (TPSA) is 104 Å². The molecule has 1 aromatic carbocycles. The van der Waals surface area contributed by atoms with Gasteiger partial charge in [0.2, 0.25) is 0 Å². The lowest BCUT2D eigenvalue weighted by atomic mass is 10.1. The highest BCUT2D eigenvalue weighted by molar-refractivity contribution is 5.92. The summed E-state index contributed by atoms with van der Waals surface area (Å²) in [5.74, 6) is 1.72. The molecular formula is C23H26F3N5O3. The lowest BCUT2D eigenvalue weighted by Crippen LogP contribution is -2.14. The molecule has 3 N–H and O–H groups in total. The van der Waals surface area contributed by atoms with Crippen molar-refractivity contribution in [3.63, 3.8) is 0 Å². The summed E-state index contributed by atoms with van der Waals surface area (Å²) >= 11 is 0. The van der Waals surface area contributed by atoms with Crippen LogP contribution in [0.1, 0.15) is 42.9 Å². The number of ether oxygens (including phenoxy) is 3. The van der Waals surface area contributed by atoms with E-state index in [1.165, 1.54) is 13.2 Å². The smallest absolute Gasteiger partial charge is 0.433 e. The molecule has 1 aliphatic carbocycles. The number of hydrogen-bond acceptors (Lipinski definition) is 8. The fraction of sp³-hybridized carbons (Fsp3) is 0.435. The largest absolute Gasteiger partial charge is 0.493 e. The van der Waals surface area contributed by atoms with Gasteiger partial charge in [-0.3, -0.25) is 0 Å². The third kappa shape index (κ3) is 5.58. The number of fused-ring (bicyclic) bond motifs is 1. The quantitative estimate of drug-likeness (QED) is 0.429. The van der Waals surface area contributed by atoms with Crippen LogP contribution < -0.4 is 20.5 Å². The lowest BCUT2D eigenvalue weighted by Gasteiger charge is -2.19. The Labute approximate surface area is 194 Å². The fourth-order valence-electron chi connectivity index (χ4n) is 3.49. The number of nitrogen functional groups attached to an aromatic ring is 1. The van der Waals surface area contributed by atoms with Crippen molar-refractivity contribution in [2.24, 2.45) is 0 Å². The molecule has 1 aliphatic rings. The fourth-order valence-corrected chi connectivity index (χ4v) is 3.49. The molecule has 8 nitrogen and oxygen atoms in total. The van der Waals surface area contributed by atoms with Crippen LogP contribution in [0.4, 0.5) is 24.8 Å². The molecule has 4 rings (SSSR count). The summed E-state index contributed by atoms with van der Waals surface area (Å²) in [6.45, 7) is 4.26. The molecule has 1 saturated carbocycles. The van der Waals surface area contributed by atoms with Gasteiger partial charge in [0.25, 0.3) is 0 Å². The molecule has 1 fully saturated rings. The van der Waals surface area contributed by atoms with E-state index in [9.17, 15) is 13.2 Å². The first-order valence-electron chi connectivity index (χ1n) is 10.9. The molecule has 0 bridgehead atoms. The highest BCUT2D eigenvalue weighted by Gasteiger charge is 2.33. The van der Waals surface area contributed by atoms with Gasteiger partial charge in [0.05, 0.1) is 31.4 Å². The maximum absolute atomic E-state index is 13.2. The summed E-state index contributed by atoms with van der Waals surface area (Å²) in [6.07, 6.45) is -2.11. The Hall–Kier alpha value is -3.34. The van der Waals surface area contributed by atoms with E-state index < -0.39 is 17.9 Å². The number of nitrogens with zero attached hydrogens (tertiary/aromatic N) is 3. The van der Waals surface area contributed by atoms with E-state index in [1.54, 1.807) is 26.0 Å². The highest BCUT2D eigenvalue weighted by atomic mass is 19.4. The predicted octanol–water partition coefficient (Wildman–Crippen LogP) is 4.67. The van der Waals surface area contributed by atoms with Gasteiger partial charge in [-0.2, -0.15) is 13.2 Å². The lowest BCUT2D eigenvalue weighted by molar-refractivity contribution is -0.141.